The maximum absolute atomic E-state index is 11.5. The Balaban J connectivity index is 1.78. The largest absolute Gasteiger partial charge is 0.478 e. The molecule has 0 unspecified atom stereocenters. The third-order valence-electron chi connectivity index (χ3n) is 3.89. The Morgan fingerprint density at radius 2 is 1.36 bits per heavy atom. The van der Waals surface area contributed by atoms with Gasteiger partial charge in [0.1, 0.15) is 0 Å². The Hall–Kier alpha value is -3.14. The number of hydrogen-bond acceptors (Lipinski definition) is 4. The van der Waals surface area contributed by atoms with Gasteiger partial charge in [-0.3, -0.25) is 0 Å². The zero-order valence-electron chi connectivity index (χ0n) is 14.2. The minimum absolute atomic E-state index is 0.329. The van der Waals surface area contributed by atoms with Gasteiger partial charge in [-0.25, -0.2) is 9.78 Å². The van der Waals surface area contributed by atoms with Crippen LogP contribution in [-0.4, -0.2) is 24.7 Å². The van der Waals surface area contributed by atoms with Gasteiger partial charge in [-0.15, -0.1) is 0 Å². The Kier molecular flexibility index (Phi) is 5.09. The van der Waals surface area contributed by atoms with Gasteiger partial charge in [0.05, 0.1) is 19.3 Å². The first kappa shape index (κ1) is 16.7. The van der Waals surface area contributed by atoms with E-state index in [0.29, 0.717) is 18.1 Å². The van der Waals surface area contributed by atoms with Crippen molar-refractivity contribution >= 4 is 5.97 Å². The number of methoxy groups -OCH3 is 1. The van der Waals surface area contributed by atoms with Crippen LogP contribution in [0.1, 0.15) is 17.3 Å². The fraction of sp³-hybridized carbons (Fsp3) is 0.143. The second-order valence-corrected chi connectivity index (χ2v) is 5.46. The zero-order valence-corrected chi connectivity index (χ0v) is 14.2. The molecule has 4 heteroatoms. The normalized spacial score (nSPS) is 10.3. The summed E-state index contributed by atoms with van der Waals surface area (Å²) in [6, 6.07) is 19.5. The third kappa shape index (κ3) is 3.86. The smallest absolute Gasteiger partial charge is 0.337 e. The molecule has 0 spiro atoms. The van der Waals surface area contributed by atoms with Crippen LogP contribution in [0.3, 0.4) is 0 Å². The molecule has 4 nitrogen and oxygen atoms in total. The van der Waals surface area contributed by atoms with Crippen LogP contribution >= 0.6 is 0 Å². The molecule has 0 bridgehead atoms. The molecule has 0 aliphatic rings. The fourth-order valence-corrected chi connectivity index (χ4v) is 2.56. The van der Waals surface area contributed by atoms with Gasteiger partial charge in [0.2, 0.25) is 5.88 Å². The van der Waals surface area contributed by atoms with E-state index in [-0.39, 0.29) is 5.97 Å². The highest BCUT2D eigenvalue weighted by Gasteiger charge is 2.06. The number of benzene rings is 2. The Bertz CT molecular complexity index is 838. The predicted molar refractivity (Wildman–Crippen MR) is 97.6 cm³/mol. The lowest BCUT2D eigenvalue weighted by atomic mass is 10.0. The molecule has 0 saturated heterocycles. The highest BCUT2D eigenvalue weighted by Crippen LogP contribution is 2.25. The van der Waals surface area contributed by atoms with E-state index >= 15 is 0 Å². The average Bonchev–Trinajstić information content (AvgIpc) is 2.68. The lowest BCUT2D eigenvalue weighted by molar-refractivity contribution is 0.0601. The molecule has 126 valence electrons. The van der Waals surface area contributed by atoms with Crippen molar-refractivity contribution in [1.82, 2.24) is 4.98 Å². The molecule has 3 rings (SSSR count). The van der Waals surface area contributed by atoms with E-state index in [1.165, 1.54) is 7.11 Å². The van der Waals surface area contributed by atoms with E-state index in [0.717, 1.165) is 22.3 Å². The maximum Gasteiger partial charge on any atom is 0.337 e. The van der Waals surface area contributed by atoms with Crippen LogP contribution < -0.4 is 4.74 Å². The number of carbonyl (C=O) groups excluding carboxylic acids is 1. The van der Waals surface area contributed by atoms with Crippen LogP contribution in [0.4, 0.5) is 0 Å². The number of esters is 1. The molecule has 1 aromatic heterocycles. The zero-order chi connectivity index (χ0) is 17.6. The van der Waals surface area contributed by atoms with E-state index < -0.39 is 0 Å². The van der Waals surface area contributed by atoms with Crippen molar-refractivity contribution in [2.24, 2.45) is 0 Å². The van der Waals surface area contributed by atoms with E-state index in [2.05, 4.69) is 29.2 Å². The molecule has 0 radical (unpaired) electrons. The number of rotatable bonds is 5. The molecule has 0 atom stereocenters. The second kappa shape index (κ2) is 7.62. The molecule has 0 saturated carbocycles. The summed E-state index contributed by atoms with van der Waals surface area (Å²) in [4.78, 5) is 15.8. The van der Waals surface area contributed by atoms with Gasteiger partial charge in [0.15, 0.2) is 0 Å². The first-order valence-corrected chi connectivity index (χ1v) is 8.09. The van der Waals surface area contributed by atoms with Gasteiger partial charge in [0.25, 0.3) is 0 Å². The van der Waals surface area contributed by atoms with Crippen LogP contribution in [0.15, 0.2) is 66.9 Å². The minimum Gasteiger partial charge on any atom is -0.478 e. The first-order chi connectivity index (χ1) is 12.2. The Morgan fingerprint density at radius 1 is 0.840 bits per heavy atom. The summed E-state index contributed by atoms with van der Waals surface area (Å²) in [5.74, 6) is 0.304. The standard InChI is InChI=1S/C21H19NO3/c1-3-25-20-13-12-19(14-22-20)17-6-4-15(5-7-17)16-8-10-18(11-9-16)21(23)24-2/h4-14H,3H2,1-2H3. The van der Waals surface area contributed by atoms with Crippen molar-refractivity contribution in [2.45, 2.75) is 6.92 Å². The van der Waals surface area contributed by atoms with Crippen molar-refractivity contribution in [1.29, 1.82) is 0 Å². The lowest BCUT2D eigenvalue weighted by Gasteiger charge is -2.07. The summed E-state index contributed by atoms with van der Waals surface area (Å²) in [6.07, 6.45) is 1.81. The molecule has 1 heterocycles. The van der Waals surface area contributed by atoms with Crippen molar-refractivity contribution in [3.8, 4) is 28.1 Å². The lowest BCUT2D eigenvalue weighted by Crippen LogP contribution is -2.00. The van der Waals surface area contributed by atoms with Gasteiger partial charge < -0.3 is 9.47 Å². The first-order valence-electron chi connectivity index (χ1n) is 8.09. The van der Waals surface area contributed by atoms with Gasteiger partial charge >= 0.3 is 5.97 Å². The Labute approximate surface area is 147 Å². The van der Waals surface area contributed by atoms with Crippen LogP contribution in [0, 0.1) is 0 Å². The van der Waals surface area contributed by atoms with Gasteiger partial charge in [-0.05, 0) is 41.8 Å². The molecular weight excluding hydrogens is 314 g/mol. The van der Waals surface area contributed by atoms with Crippen LogP contribution in [0.25, 0.3) is 22.3 Å². The van der Waals surface area contributed by atoms with Crippen LogP contribution in [0.2, 0.25) is 0 Å². The summed E-state index contributed by atoms with van der Waals surface area (Å²) >= 11 is 0. The van der Waals surface area contributed by atoms with Gasteiger partial charge in [-0.2, -0.15) is 0 Å². The molecule has 0 N–H and O–H groups in total. The average molecular weight is 333 g/mol. The number of pyridine rings is 1. The monoisotopic (exact) mass is 333 g/mol. The number of nitrogens with zero attached hydrogens (tertiary/aromatic N) is 1. The van der Waals surface area contributed by atoms with Crippen molar-refractivity contribution < 1.29 is 14.3 Å². The molecule has 0 aliphatic carbocycles. The SMILES string of the molecule is CCOc1ccc(-c2ccc(-c3ccc(C(=O)OC)cc3)cc2)cn1. The van der Waals surface area contributed by atoms with Gasteiger partial charge in [0, 0.05) is 17.8 Å². The highest BCUT2D eigenvalue weighted by atomic mass is 16.5. The molecule has 0 aliphatic heterocycles. The second-order valence-electron chi connectivity index (χ2n) is 5.46. The van der Waals surface area contributed by atoms with Gasteiger partial charge in [-0.1, -0.05) is 36.4 Å². The van der Waals surface area contributed by atoms with E-state index in [9.17, 15) is 4.79 Å². The molecule has 0 amide bonds. The number of ether oxygens (including phenoxy) is 2. The summed E-state index contributed by atoms with van der Waals surface area (Å²) in [7, 11) is 1.38. The van der Waals surface area contributed by atoms with Crippen molar-refractivity contribution in [3.05, 3.63) is 72.4 Å². The summed E-state index contributed by atoms with van der Waals surface area (Å²) in [5.41, 5.74) is 4.80. The number of carbonyl (C=O) groups is 1. The minimum atomic E-state index is -0.329. The predicted octanol–water partition coefficient (Wildman–Crippen LogP) is 4.60. The number of aromatic nitrogens is 1. The fourth-order valence-electron chi connectivity index (χ4n) is 2.56. The Morgan fingerprint density at radius 3 is 1.84 bits per heavy atom. The molecular formula is C21H19NO3. The molecule has 25 heavy (non-hydrogen) atoms. The van der Waals surface area contributed by atoms with E-state index in [1.807, 2.05) is 37.4 Å². The topological polar surface area (TPSA) is 48.4 Å². The maximum atomic E-state index is 11.5. The van der Waals surface area contributed by atoms with Crippen LogP contribution in [0.5, 0.6) is 5.88 Å². The van der Waals surface area contributed by atoms with Crippen molar-refractivity contribution in [2.75, 3.05) is 13.7 Å². The highest BCUT2D eigenvalue weighted by molar-refractivity contribution is 5.90. The van der Waals surface area contributed by atoms with Crippen LogP contribution in [-0.2, 0) is 4.74 Å². The quantitative estimate of drug-likeness (QED) is 0.640. The summed E-state index contributed by atoms with van der Waals surface area (Å²) < 4.78 is 10.1. The number of hydrogen-bond donors (Lipinski definition) is 0. The third-order valence-corrected chi connectivity index (χ3v) is 3.89. The summed E-state index contributed by atoms with van der Waals surface area (Å²) in [6.45, 7) is 2.54. The van der Waals surface area contributed by atoms with E-state index in [1.54, 1.807) is 12.1 Å². The molecule has 3 aromatic rings. The van der Waals surface area contributed by atoms with E-state index in [4.69, 9.17) is 9.47 Å². The molecule has 0 fully saturated rings. The summed E-state index contributed by atoms with van der Waals surface area (Å²) in [5, 5.41) is 0. The van der Waals surface area contributed by atoms with Crippen molar-refractivity contribution in [3.63, 3.8) is 0 Å². The molecule has 2 aromatic carbocycles.